The van der Waals surface area contributed by atoms with Crippen LogP contribution in [0.1, 0.15) is 39.5 Å². The highest BCUT2D eigenvalue weighted by Crippen LogP contribution is 2.48. The van der Waals surface area contributed by atoms with E-state index in [9.17, 15) is 5.11 Å². The van der Waals surface area contributed by atoms with Gasteiger partial charge in [-0.25, -0.2) is 0 Å². The lowest BCUT2D eigenvalue weighted by atomic mass is 10.0. The van der Waals surface area contributed by atoms with Gasteiger partial charge in [0.05, 0.1) is 25.4 Å². The van der Waals surface area contributed by atoms with Gasteiger partial charge in [0.2, 0.25) is 0 Å². The maximum Gasteiger partial charge on any atom is 0.0897 e. The first kappa shape index (κ1) is 15.9. The van der Waals surface area contributed by atoms with Crippen LogP contribution in [0, 0.1) is 5.41 Å². The molecule has 0 aromatic rings. The van der Waals surface area contributed by atoms with Gasteiger partial charge in [-0.2, -0.15) is 0 Å². The van der Waals surface area contributed by atoms with Crippen molar-refractivity contribution in [3.8, 4) is 0 Å². The molecule has 2 unspecified atom stereocenters. The number of rotatable bonds is 11. The smallest absolute Gasteiger partial charge is 0.0897 e. The average molecular weight is 259 g/mol. The van der Waals surface area contributed by atoms with Crippen molar-refractivity contribution < 1.29 is 14.6 Å². The fourth-order valence-corrected chi connectivity index (χ4v) is 2.34. The van der Waals surface area contributed by atoms with Crippen LogP contribution in [0.25, 0.3) is 0 Å². The topological polar surface area (TPSA) is 50.7 Å². The van der Waals surface area contributed by atoms with Crippen LogP contribution in [-0.4, -0.2) is 50.7 Å². The van der Waals surface area contributed by atoms with Gasteiger partial charge >= 0.3 is 0 Å². The predicted molar refractivity (Wildman–Crippen MR) is 72.7 cm³/mol. The molecule has 0 aliphatic heterocycles. The molecule has 0 radical (unpaired) electrons. The minimum absolute atomic E-state index is 0.0412. The van der Waals surface area contributed by atoms with Gasteiger partial charge in [0.25, 0.3) is 0 Å². The molecular weight excluding hydrogens is 230 g/mol. The molecule has 1 saturated carbocycles. The molecule has 0 spiro atoms. The first-order valence-corrected chi connectivity index (χ1v) is 7.11. The third-order valence-corrected chi connectivity index (χ3v) is 3.59. The average Bonchev–Trinajstić information content (AvgIpc) is 3.07. The van der Waals surface area contributed by atoms with Gasteiger partial charge in [-0.05, 0) is 31.6 Å². The molecule has 1 aliphatic rings. The van der Waals surface area contributed by atoms with Crippen molar-refractivity contribution in [1.82, 2.24) is 5.32 Å². The number of hydrogen-bond acceptors (Lipinski definition) is 4. The number of ether oxygens (including phenoxy) is 2. The van der Waals surface area contributed by atoms with Crippen LogP contribution < -0.4 is 5.32 Å². The molecule has 1 rings (SSSR count). The molecule has 4 nitrogen and oxygen atoms in total. The van der Waals surface area contributed by atoms with Gasteiger partial charge in [0, 0.05) is 20.2 Å². The number of aliphatic hydroxyl groups excluding tert-OH is 1. The predicted octanol–water partition coefficient (Wildman–Crippen LogP) is 1.57. The summed E-state index contributed by atoms with van der Waals surface area (Å²) in [4.78, 5) is 0. The Kier molecular flexibility index (Phi) is 7.15. The zero-order chi connectivity index (χ0) is 13.4. The highest BCUT2D eigenvalue weighted by molar-refractivity contribution is 4.94. The van der Waals surface area contributed by atoms with Crippen molar-refractivity contribution >= 4 is 0 Å². The lowest BCUT2D eigenvalue weighted by Gasteiger charge is -2.19. The lowest BCUT2D eigenvalue weighted by molar-refractivity contribution is -0.0312. The van der Waals surface area contributed by atoms with Crippen molar-refractivity contribution in [1.29, 1.82) is 0 Å². The summed E-state index contributed by atoms with van der Waals surface area (Å²) in [5.41, 5.74) is 0.540. The molecule has 2 N–H and O–H groups in total. The Morgan fingerprint density at radius 3 is 2.61 bits per heavy atom. The van der Waals surface area contributed by atoms with Crippen LogP contribution in [0.3, 0.4) is 0 Å². The van der Waals surface area contributed by atoms with Gasteiger partial charge in [0.15, 0.2) is 0 Å². The quantitative estimate of drug-likeness (QED) is 0.591. The molecule has 1 aliphatic carbocycles. The summed E-state index contributed by atoms with van der Waals surface area (Å²) in [6.07, 6.45) is 4.84. The molecule has 0 bridgehead atoms. The van der Waals surface area contributed by atoms with Crippen LogP contribution >= 0.6 is 0 Å². The van der Waals surface area contributed by atoms with E-state index >= 15 is 0 Å². The van der Waals surface area contributed by atoms with E-state index in [-0.39, 0.29) is 6.10 Å². The van der Waals surface area contributed by atoms with Crippen molar-refractivity contribution in [3.63, 3.8) is 0 Å². The Labute approximate surface area is 111 Å². The SMILES string of the molecule is CCCC1(CNCC(O)COC(C)COC)CC1. The summed E-state index contributed by atoms with van der Waals surface area (Å²) in [6, 6.07) is 0. The van der Waals surface area contributed by atoms with Crippen LogP contribution in [-0.2, 0) is 9.47 Å². The monoisotopic (exact) mass is 259 g/mol. The van der Waals surface area contributed by atoms with Gasteiger partial charge in [-0.1, -0.05) is 13.3 Å². The van der Waals surface area contributed by atoms with E-state index in [1.807, 2.05) is 6.92 Å². The lowest BCUT2D eigenvalue weighted by Crippen LogP contribution is -2.35. The summed E-state index contributed by atoms with van der Waals surface area (Å²) in [7, 11) is 1.65. The Bertz CT molecular complexity index is 219. The maximum atomic E-state index is 9.79. The molecule has 18 heavy (non-hydrogen) atoms. The third kappa shape index (κ3) is 6.14. The summed E-state index contributed by atoms with van der Waals surface area (Å²) in [5.74, 6) is 0. The first-order valence-electron chi connectivity index (χ1n) is 7.11. The van der Waals surface area contributed by atoms with Gasteiger partial charge in [-0.15, -0.1) is 0 Å². The molecule has 2 atom stereocenters. The van der Waals surface area contributed by atoms with Crippen LogP contribution in [0.15, 0.2) is 0 Å². The van der Waals surface area contributed by atoms with E-state index in [0.29, 0.717) is 25.2 Å². The maximum absolute atomic E-state index is 9.79. The van der Waals surface area contributed by atoms with E-state index in [0.717, 1.165) is 6.54 Å². The molecule has 0 heterocycles. The summed E-state index contributed by atoms with van der Waals surface area (Å²) >= 11 is 0. The highest BCUT2D eigenvalue weighted by atomic mass is 16.5. The Balaban J connectivity index is 2.01. The van der Waals surface area contributed by atoms with Crippen molar-refractivity contribution in [3.05, 3.63) is 0 Å². The second-order valence-electron chi connectivity index (χ2n) is 5.63. The summed E-state index contributed by atoms with van der Waals surface area (Å²) in [5, 5.41) is 13.2. The fourth-order valence-electron chi connectivity index (χ4n) is 2.34. The standard InChI is InChI=1S/C14H29NO3/c1-4-5-14(6-7-14)11-15-8-13(16)10-18-12(2)9-17-3/h12-13,15-16H,4-11H2,1-3H3. The molecular formula is C14H29NO3. The summed E-state index contributed by atoms with van der Waals surface area (Å²) < 4.78 is 10.4. The number of methoxy groups -OCH3 is 1. The van der Waals surface area contributed by atoms with Gasteiger partial charge in [0.1, 0.15) is 0 Å². The van der Waals surface area contributed by atoms with E-state index in [1.54, 1.807) is 7.11 Å². The Morgan fingerprint density at radius 1 is 1.33 bits per heavy atom. The van der Waals surface area contributed by atoms with Crippen LogP contribution in [0.2, 0.25) is 0 Å². The fraction of sp³-hybridized carbons (Fsp3) is 1.00. The number of nitrogens with one attached hydrogen (secondary N) is 1. The van der Waals surface area contributed by atoms with Crippen molar-refractivity contribution in [2.24, 2.45) is 5.41 Å². The van der Waals surface area contributed by atoms with E-state index in [2.05, 4.69) is 12.2 Å². The summed E-state index contributed by atoms with van der Waals surface area (Å²) in [6.45, 7) is 6.78. The molecule has 0 amide bonds. The largest absolute Gasteiger partial charge is 0.389 e. The molecule has 4 heteroatoms. The zero-order valence-corrected chi connectivity index (χ0v) is 12.1. The number of aliphatic hydroxyl groups is 1. The second kappa shape index (κ2) is 8.10. The Morgan fingerprint density at radius 2 is 2.06 bits per heavy atom. The second-order valence-corrected chi connectivity index (χ2v) is 5.63. The van der Waals surface area contributed by atoms with E-state index in [4.69, 9.17) is 9.47 Å². The molecule has 1 fully saturated rings. The van der Waals surface area contributed by atoms with Gasteiger partial charge in [-0.3, -0.25) is 0 Å². The normalized spacial score (nSPS) is 20.7. The minimum atomic E-state index is -0.429. The van der Waals surface area contributed by atoms with Crippen LogP contribution in [0.4, 0.5) is 0 Å². The van der Waals surface area contributed by atoms with Gasteiger partial charge < -0.3 is 19.9 Å². The van der Waals surface area contributed by atoms with E-state index in [1.165, 1.54) is 25.7 Å². The zero-order valence-electron chi connectivity index (χ0n) is 12.1. The highest BCUT2D eigenvalue weighted by Gasteiger charge is 2.40. The molecule has 108 valence electrons. The van der Waals surface area contributed by atoms with Crippen molar-refractivity contribution in [2.75, 3.05) is 33.4 Å². The first-order chi connectivity index (χ1) is 8.62. The number of hydrogen-bond donors (Lipinski definition) is 2. The molecule has 0 aromatic heterocycles. The minimum Gasteiger partial charge on any atom is -0.389 e. The van der Waals surface area contributed by atoms with E-state index < -0.39 is 6.10 Å². The third-order valence-electron chi connectivity index (χ3n) is 3.59. The molecule has 0 aromatic carbocycles. The Hall–Kier alpha value is -0.160. The molecule has 0 saturated heterocycles. The van der Waals surface area contributed by atoms with Crippen molar-refractivity contribution in [2.45, 2.75) is 51.7 Å². The van der Waals surface area contributed by atoms with Crippen LogP contribution in [0.5, 0.6) is 0 Å².